The van der Waals surface area contributed by atoms with E-state index in [1.54, 1.807) is 7.11 Å². The number of hydrogen-bond donors (Lipinski definition) is 1. The molecule has 4 aromatic rings. The normalized spacial score (nSPS) is 12.4. The number of nitrogens with one attached hydrogen (secondary N) is 1. The van der Waals surface area contributed by atoms with Gasteiger partial charge in [-0.25, -0.2) is 4.98 Å². The highest BCUT2D eigenvalue weighted by Crippen LogP contribution is 2.35. The Balaban J connectivity index is 1.75. The van der Waals surface area contributed by atoms with Crippen molar-refractivity contribution in [3.05, 3.63) is 77.3 Å². The Morgan fingerprint density at radius 2 is 1.77 bits per heavy atom. The maximum absolute atomic E-state index is 6.26. The predicted octanol–water partition coefficient (Wildman–Crippen LogP) is 6.20. The molecule has 0 radical (unpaired) electrons. The second-order valence-corrected chi connectivity index (χ2v) is 8.55. The van der Waals surface area contributed by atoms with E-state index in [4.69, 9.17) is 21.3 Å². The number of benzene rings is 3. The lowest BCUT2D eigenvalue weighted by Gasteiger charge is -2.22. The third kappa shape index (κ3) is 4.92. The maximum atomic E-state index is 6.26. The average molecular weight is 434 g/mol. The Labute approximate surface area is 188 Å². The smallest absolute Gasteiger partial charge is 0.119 e. The first kappa shape index (κ1) is 21.4. The van der Waals surface area contributed by atoms with E-state index in [-0.39, 0.29) is 0 Å². The van der Waals surface area contributed by atoms with Crippen LogP contribution in [0, 0.1) is 0 Å². The predicted molar refractivity (Wildman–Crippen MR) is 132 cm³/mol. The number of rotatable bonds is 8. The molecule has 1 heterocycles. The Morgan fingerprint density at radius 3 is 2.52 bits per heavy atom. The van der Waals surface area contributed by atoms with E-state index < -0.39 is 0 Å². The molecular weight excluding hydrogens is 406 g/mol. The molecule has 0 spiro atoms. The van der Waals surface area contributed by atoms with Gasteiger partial charge in [0.1, 0.15) is 5.75 Å². The average Bonchev–Trinajstić information content (AvgIpc) is 2.78. The molecule has 160 valence electrons. The van der Waals surface area contributed by atoms with Gasteiger partial charge in [0.15, 0.2) is 0 Å². The molecule has 3 aromatic carbocycles. The van der Waals surface area contributed by atoms with Gasteiger partial charge in [-0.15, -0.1) is 0 Å². The van der Waals surface area contributed by atoms with Crippen LogP contribution >= 0.6 is 11.6 Å². The highest BCUT2D eigenvalue weighted by atomic mass is 35.5. The Hall–Kier alpha value is -2.82. The van der Waals surface area contributed by atoms with Crippen LogP contribution in [-0.2, 0) is 0 Å². The van der Waals surface area contributed by atoms with E-state index in [0.29, 0.717) is 10.9 Å². The molecular formula is C26H28ClN3O. The molecule has 0 aliphatic rings. The molecule has 1 N–H and O–H groups in total. The molecule has 4 nitrogen and oxygen atoms in total. The summed E-state index contributed by atoms with van der Waals surface area (Å²) < 4.78 is 5.49. The topological polar surface area (TPSA) is 37.4 Å². The number of halogens is 1. The molecule has 5 heteroatoms. The van der Waals surface area contributed by atoms with Gasteiger partial charge in [0, 0.05) is 28.3 Å². The van der Waals surface area contributed by atoms with Gasteiger partial charge in [0.05, 0.1) is 23.8 Å². The van der Waals surface area contributed by atoms with Crippen molar-refractivity contribution in [2.45, 2.75) is 12.3 Å². The highest BCUT2D eigenvalue weighted by molar-refractivity contribution is 6.31. The number of nitrogens with zero attached hydrogens (tertiary/aromatic N) is 2. The number of fused-ring (bicyclic) bond motifs is 2. The number of methoxy groups -OCH3 is 1. The number of pyridine rings is 1. The fourth-order valence-corrected chi connectivity index (χ4v) is 4.13. The lowest BCUT2D eigenvalue weighted by molar-refractivity contribution is 0.383. The van der Waals surface area contributed by atoms with Crippen molar-refractivity contribution in [2.24, 2.45) is 0 Å². The summed E-state index contributed by atoms with van der Waals surface area (Å²) >= 11 is 6.26. The standard InChI is InChI=1S/C26H28ClN3O/c1-30(2)14-13-19(18-7-5-4-6-8-18)17-28-26-22-11-9-20(27)15-25(22)29-24-12-10-21(31-3)16-23(24)26/h4-12,15-16,19H,13-14,17H2,1-3H3,(H,28,29)/t19-/m1/s1. The molecule has 0 unspecified atom stereocenters. The minimum absolute atomic E-state index is 0.389. The van der Waals surface area contributed by atoms with Crippen LogP contribution in [0.4, 0.5) is 5.69 Å². The lowest BCUT2D eigenvalue weighted by Crippen LogP contribution is -2.20. The largest absolute Gasteiger partial charge is 0.497 e. The van der Waals surface area contributed by atoms with Crippen LogP contribution in [0.2, 0.25) is 5.02 Å². The first-order valence-electron chi connectivity index (χ1n) is 10.6. The van der Waals surface area contributed by atoms with E-state index in [9.17, 15) is 0 Å². The van der Waals surface area contributed by atoms with Gasteiger partial charge in [-0.3, -0.25) is 0 Å². The van der Waals surface area contributed by atoms with Crippen molar-refractivity contribution in [3.8, 4) is 5.75 Å². The second-order valence-electron chi connectivity index (χ2n) is 8.11. The summed E-state index contributed by atoms with van der Waals surface area (Å²) in [5, 5.41) is 6.56. The molecule has 31 heavy (non-hydrogen) atoms. The number of ether oxygens (including phenoxy) is 1. The van der Waals surface area contributed by atoms with Crippen molar-refractivity contribution in [2.75, 3.05) is 39.6 Å². The fraction of sp³-hybridized carbons (Fsp3) is 0.269. The summed E-state index contributed by atoms with van der Waals surface area (Å²) in [5.41, 5.74) is 4.22. The second kappa shape index (κ2) is 9.54. The summed E-state index contributed by atoms with van der Waals surface area (Å²) in [6.07, 6.45) is 1.07. The van der Waals surface area contributed by atoms with Gasteiger partial charge in [-0.1, -0.05) is 41.9 Å². The zero-order valence-electron chi connectivity index (χ0n) is 18.2. The molecule has 4 rings (SSSR count). The number of hydrogen-bond acceptors (Lipinski definition) is 4. The van der Waals surface area contributed by atoms with Crippen LogP contribution in [0.5, 0.6) is 5.75 Å². The van der Waals surface area contributed by atoms with Gasteiger partial charge in [-0.2, -0.15) is 0 Å². The first-order chi connectivity index (χ1) is 15.0. The van der Waals surface area contributed by atoms with Gasteiger partial charge < -0.3 is 15.0 Å². The van der Waals surface area contributed by atoms with Gasteiger partial charge >= 0.3 is 0 Å². The molecule has 0 fully saturated rings. The molecule has 0 aliphatic heterocycles. The van der Waals surface area contributed by atoms with E-state index in [1.807, 2.05) is 30.3 Å². The number of aromatic nitrogens is 1. The van der Waals surface area contributed by atoms with E-state index >= 15 is 0 Å². The van der Waals surface area contributed by atoms with Crippen molar-refractivity contribution in [1.29, 1.82) is 0 Å². The SMILES string of the molecule is COc1ccc2nc3cc(Cl)ccc3c(NC[C@@H](CCN(C)C)c3ccccc3)c2c1. The Kier molecular flexibility index (Phi) is 6.59. The quantitative estimate of drug-likeness (QED) is 0.336. The number of anilines is 1. The molecule has 0 aliphatic carbocycles. The Bertz CT molecular complexity index is 1180. The highest BCUT2D eigenvalue weighted by Gasteiger charge is 2.15. The molecule has 0 bridgehead atoms. The minimum Gasteiger partial charge on any atom is -0.497 e. The van der Waals surface area contributed by atoms with Crippen LogP contribution < -0.4 is 10.1 Å². The van der Waals surface area contributed by atoms with Gasteiger partial charge in [-0.05, 0) is 69.0 Å². The van der Waals surface area contributed by atoms with Crippen LogP contribution in [0.3, 0.4) is 0 Å². The zero-order valence-corrected chi connectivity index (χ0v) is 19.0. The molecule has 0 amide bonds. The van der Waals surface area contributed by atoms with Crippen LogP contribution in [0.25, 0.3) is 21.8 Å². The van der Waals surface area contributed by atoms with Gasteiger partial charge in [0.2, 0.25) is 0 Å². The summed E-state index contributed by atoms with van der Waals surface area (Å²) in [5.74, 6) is 1.21. The molecule has 0 saturated heterocycles. The summed E-state index contributed by atoms with van der Waals surface area (Å²) in [6.45, 7) is 1.86. The zero-order chi connectivity index (χ0) is 21.8. The fourth-order valence-electron chi connectivity index (χ4n) is 3.96. The molecule has 1 atom stereocenters. The first-order valence-corrected chi connectivity index (χ1v) is 10.9. The third-order valence-electron chi connectivity index (χ3n) is 5.66. The van der Waals surface area contributed by atoms with Crippen molar-refractivity contribution in [3.63, 3.8) is 0 Å². The van der Waals surface area contributed by atoms with Crippen LogP contribution in [0.15, 0.2) is 66.7 Å². The summed E-state index contributed by atoms with van der Waals surface area (Å²) in [6, 6.07) is 22.6. The minimum atomic E-state index is 0.389. The van der Waals surface area contributed by atoms with Crippen molar-refractivity contribution in [1.82, 2.24) is 9.88 Å². The van der Waals surface area contributed by atoms with Crippen LogP contribution in [0.1, 0.15) is 17.9 Å². The lowest BCUT2D eigenvalue weighted by atomic mass is 9.95. The van der Waals surface area contributed by atoms with Crippen LogP contribution in [-0.4, -0.2) is 44.2 Å². The monoisotopic (exact) mass is 433 g/mol. The van der Waals surface area contributed by atoms with Gasteiger partial charge in [0.25, 0.3) is 0 Å². The maximum Gasteiger partial charge on any atom is 0.119 e. The molecule has 1 aromatic heterocycles. The third-order valence-corrected chi connectivity index (χ3v) is 5.90. The van der Waals surface area contributed by atoms with E-state index in [2.05, 4.69) is 60.7 Å². The van der Waals surface area contributed by atoms with Crippen molar-refractivity contribution >= 4 is 39.1 Å². The van der Waals surface area contributed by atoms with Crippen molar-refractivity contribution < 1.29 is 4.74 Å². The molecule has 0 saturated carbocycles. The summed E-state index contributed by atoms with van der Waals surface area (Å²) in [7, 11) is 5.93. The Morgan fingerprint density at radius 1 is 0.968 bits per heavy atom. The van der Waals surface area contributed by atoms with E-state index in [0.717, 1.165) is 52.8 Å². The van der Waals surface area contributed by atoms with E-state index in [1.165, 1.54) is 5.56 Å². The summed E-state index contributed by atoms with van der Waals surface area (Å²) in [4.78, 5) is 7.07.